The molecule has 3 rings (SSSR count). The van der Waals surface area contributed by atoms with E-state index in [1.54, 1.807) is 0 Å². The van der Waals surface area contributed by atoms with Crippen molar-refractivity contribution in [2.45, 2.75) is 64.1 Å². The van der Waals surface area contributed by atoms with Gasteiger partial charge in [0.15, 0.2) is 5.11 Å². The van der Waals surface area contributed by atoms with Gasteiger partial charge in [-0.15, -0.1) is 0 Å². The summed E-state index contributed by atoms with van der Waals surface area (Å²) >= 11 is 5.57. The normalized spacial score (nSPS) is 26.0. The molecule has 2 aliphatic rings. The highest BCUT2D eigenvalue weighted by atomic mass is 32.1. The number of benzene rings is 1. The third-order valence-electron chi connectivity index (χ3n) is 5.60. The number of piperidine rings is 1. The Kier molecular flexibility index (Phi) is 6.50. The molecule has 3 nitrogen and oxygen atoms in total. The first-order chi connectivity index (χ1) is 11.7. The summed E-state index contributed by atoms with van der Waals surface area (Å²) in [5.41, 5.74) is 1.41. The number of hydrogen-bond donors (Lipinski definition) is 2. The van der Waals surface area contributed by atoms with Crippen molar-refractivity contribution >= 4 is 17.3 Å². The van der Waals surface area contributed by atoms with E-state index in [1.165, 1.54) is 44.1 Å². The molecule has 1 aliphatic heterocycles. The van der Waals surface area contributed by atoms with Crippen LogP contribution >= 0.6 is 12.2 Å². The molecule has 1 aliphatic carbocycles. The SMILES string of the molecule is CC1CCCCC1NC(=S)NC1CCN(Cc2ccccc2)CC1. The summed E-state index contributed by atoms with van der Waals surface area (Å²) in [6.07, 6.45) is 7.66. The van der Waals surface area contributed by atoms with Gasteiger partial charge in [-0.25, -0.2) is 0 Å². The second-order valence-corrected chi connectivity index (χ2v) is 7.93. The molecular weight excluding hydrogens is 314 g/mol. The van der Waals surface area contributed by atoms with Crippen LogP contribution in [0, 0.1) is 5.92 Å². The van der Waals surface area contributed by atoms with Crippen LogP contribution in [0.3, 0.4) is 0 Å². The molecule has 24 heavy (non-hydrogen) atoms. The second kappa shape index (κ2) is 8.82. The Morgan fingerprint density at radius 1 is 1.04 bits per heavy atom. The first-order valence-corrected chi connectivity index (χ1v) is 9.95. The lowest BCUT2D eigenvalue weighted by Crippen LogP contribution is -2.51. The summed E-state index contributed by atoms with van der Waals surface area (Å²) in [7, 11) is 0. The first-order valence-electron chi connectivity index (χ1n) is 9.54. The van der Waals surface area contributed by atoms with Crippen molar-refractivity contribution in [2.75, 3.05) is 13.1 Å². The van der Waals surface area contributed by atoms with E-state index in [0.29, 0.717) is 12.1 Å². The highest BCUT2D eigenvalue weighted by molar-refractivity contribution is 7.80. The monoisotopic (exact) mass is 345 g/mol. The van der Waals surface area contributed by atoms with Gasteiger partial charge in [0.05, 0.1) is 0 Å². The van der Waals surface area contributed by atoms with Crippen LogP contribution in [0.2, 0.25) is 0 Å². The molecule has 2 unspecified atom stereocenters. The predicted molar refractivity (Wildman–Crippen MR) is 105 cm³/mol. The van der Waals surface area contributed by atoms with E-state index >= 15 is 0 Å². The van der Waals surface area contributed by atoms with Gasteiger partial charge < -0.3 is 10.6 Å². The Balaban J connectivity index is 1.38. The van der Waals surface area contributed by atoms with Crippen molar-refractivity contribution in [1.29, 1.82) is 0 Å². The van der Waals surface area contributed by atoms with Crippen LogP contribution in [0.25, 0.3) is 0 Å². The minimum atomic E-state index is 0.524. The summed E-state index contributed by atoms with van der Waals surface area (Å²) in [5, 5.41) is 8.01. The van der Waals surface area contributed by atoms with Crippen LogP contribution in [0.1, 0.15) is 51.0 Å². The van der Waals surface area contributed by atoms with Gasteiger partial charge in [0.2, 0.25) is 0 Å². The van der Waals surface area contributed by atoms with E-state index in [4.69, 9.17) is 12.2 Å². The number of rotatable bonds is 4. The summed E-state index contributed by atoms with van der Waals surface area (Å²) in [6, 6.07) is 11.9. The zero-order valence-electron chi connectivity index (χ0n) is 14.8. The van der Waals surface area contributed by atoms with Gasteiger partial charge in [0, 0.05) is 31.7 Å². The maximum atomic E-state index is 5.57. The fraction of sp³-hybridized carbons (Fsp3) is 0.650. The third-order valence-corrected chi connectivity index (χ3v) is 5.84. The molecule has 2 fully saturated rings. The van der Waals surface area contributed by atoms with Crippen molar-refractivity contribution in [1.82, 2.24) is 15.5 Å². The van der Waals surface area contributed by atoms with Gasteiger partial charge >= 0.3 is 0 Å². The molecule has 2 atom stereocenters. The third kappa shape index (κ3) is 5.18. The summed E-state index contributed by atoms with van der Waals surface area (Å²) in [4.78, 5) is 2.55. The highest BCUT2D eigenvalue weighted by Crippen LogP contribution is 2.23. The molecule has 132 valence electrons. The number of nitrogens with zero attached hydrogens (tertiary/aromatic N) is 1. The average molecular weight is 346 g/mol. The van der Waals surface area contributed by atoms with Crippen molar-refractivity contribution in [2.24, 2.45) is 5.92 Å². The molecule has 1 aromatic rings. The first kappa shape index (κ1) is 17.7. The number of thiocarbonyl (C=S) groups is 1. The van der Waals surface area contributed by atoms with Gasteiger partial charge in [-0.1, -0.05) is 50.1 Å². The van der Waals surface area contributed by atoms with Crippen LogP contribution < -0.4 is 10.6 Å². The Hall–Kier alpha value is -1.13. The second-order valence-electron chi connectivity index (χ2n) is 7.52. The topological polar surface area (TPSA) is 27.3 Å². The highest BCUT2D eigenvalue weighted by Gasteiger charge is 2.24. The average Bonchev–Trinajstić information content (AvgIpc) is 2.60. The summed E-state index contributed by atoms with van der Waals surface area (Å²) in [5.74, 6) is 0.742. The molecule has 4 heteroatoms. The van der Waals surface area contributed by atoms with Crippen LogP contribution in [-0.4, -0.2) is 35.2 Å². The van der Waals surface area contributed by atoms with E-state index in [9.17, 15) is 0 Å². The molecule has 1 heterocycles. The van der Waals surface area contributed by atoms with Crippen LogP contribution in [-0.2, 0) is 6.54 Å². The van der Waals surface area contributed by atoms with Crippen LogP contribution in [0.5, 0.6) is 0 Å². The molecular formula is C20H31N3S. The predicted octanol–water partition coefficient (Wildman–Crippen LogP) is 3.69. The van der Waals surface area contributed by atoms with E-state index in [0.717, 1.165) is 30.7 Å². The Morgan fingerprint density at radius 2 is 1.75 bits per heavy atom. The largest absolute Gasteiger partial charge is 0.360 e. The van der Waals surface area contributed by atoms with Gasteiger partial charge in [-0.05, 0) is 49.4 Å². The number of nitrogens with one attached hydrogen (secondary N) is 2. The standard InChI is InChI=1S/C20H31N3S/c1-16-7-5-6-10-19(16)22-20(24)21-18-11-13-23(14-12-18)15-17-8-3-2-4-9-17/h2-4,8-9,16,18-19H,5-7,10-15H2,1H3,(H2,21,22,24). The van der Waals surface area contributed by atoms with E-state index < -0.39 is 0 Å². The molecule has 2 N–H and O–H groups in total. The van der Waals surface area contributed by atoms with Crippen molar-refractivity contribution in [3.63, 3.8) is 0 Å². The van der Waals surface area contributed by atoms with Gasteiger partial charge in [0.25, 0.3) is 0 Å². The molecule has 0 bridgehead atoms. The molecule has 0 amide bonds. The Morgan fingerprint density at radius 3 is 2.46 bits per heavy atom. The quantitative estimate of drug-likeness (QED) is 0.814. The minimum absolute atomic E-state index is 0.524. The van der Waals surface area contributed by atoms with Crippen molar-refractivity contribution in [3.05, 3.63) is 35.9 Å². The Bertz CT molecular complexity index is 511. The van der Waals surface area contributed by atoms with Crippen molar-refractivity contribution in [3.8, 4) is 0 Å². The molecule has 0 aromatic heterocycles. The molecule has 1 saturated carbocycles. The van der Waals surface area contributed by atoms with E-state index in [-0.39, 0.29) is 0 Å². The lowest BCUT2D eigenvalue weighted by Gasteiger charge is -2.35. The summed E-state index contributed by atoms with van der Waals surface area (Å²) < 4.78 is 0. The fourth-order valence-corrected chi connectivity index (χ4v) is 4.32. The molecule has 0 spiro atoms. The van der Waals surface area contributed by atoms with Crippen LogP contribution in [0.15, 0.2) is 30.3 Å². The fourth-order valence-electron chi connectivity index (χ4n) is 4.00. The lowest BCUT2D eigenvalue weighted by atomic mass is 9.86. The zero-order chi connectivity index (χ0) is 16.8. The maximum Gasteiger partial charge on any atom is 0.166 e. The van der Waals surface area contributed by atoms with Gasteiger partial charge in [-0.2, -0.15) is 0 Å². The smallest absolute Gasteiger partial charge is 0.166 e. The summed E-state index contributed by atoms with van der Waals surface area (Å²) in [6.45, 7) is 5.71. The Labute approximate surface area is 152 Å². The molecule has 0 radical (unpaired) electrons. The number of likely N-dealkylation sites (tertiary alicyclic amines) is 1. The molecule has 1 aromatic carbocycles. The van der Waals surface area contributed by atoms with Crippen molar-refractivity contribution < 1.29 is 0 Å². The van der Waals surface area contributed by atoms with Crippen LogP contribution in [0.4, 0.5) is 0 Å². The number of hydrogen-bond acceptors (Lipinski definition) is 2. The zero-order valence-corrected chi connectivity index (χ0v) is 15.7. The lowest BCUT2D eigenvalue weighted by molar-refractivity contribution is 0.198. The van der Waals surface area contributed by atoms with Gasteiger partial charge in [0.1, 0.15) is 0 Å². The van der Waals surface area contributed by atoms with Gasteiger partial charge in [-0.3, -0.25) is 4.90 Å². The molecule has 1 saturated heterocycles. The van der Waals surface area contributed by atoms with E-state index in [2.05, 4.69) is 52.8 Å². The minimum Gasteiger partial charge on any atom is -0.360 e. The maximum absolute atomic E-state index is 5.57. The van der Waals surface area contributed by atoms with E-state index in [1.807, 2.05) is 0 Å².